The van der Waals surface area contributed by atoms with Gasteiger partial charge in [0.1, 0.15) is 5.75 Å². The molecule has 1 saturated carbocycles. The van der Waals surface area contributed by atoms with Crippen LogP contribution in [0.2, 0.25) is 0 Å². The van der Waals surface area contributed by atoms with Crippen molar-refractivity contribution in [2.75, 3.05) is 32.7 Å². The lowest BCUT2D eigenvalue weighted by Gasteiger charge is -2.60. The van der Waals surface area contributed by atoms with Crippen LogP contribution in [0, 0.1) is 11.8 Å². The van der Waals surface area contributed by atoms with E-state index in [0.29, 0.717) is 17.7 Å². The Bertz CT molecular complexity index is 732. The van der Waals surface area contributed by atoms with Crippen molar-refractivity contribution in [3.05, 3.63) is 29.3 Å². The van der Waals surface area contributed by atoms with Crippen molar-refractivity contribution in [1.29, 1.82) is 0 Å². The van der Waals surface area contributed by atoms with Crippen molar-refractivity contribution in [3.63, 3.8) is 0 Å². The molecule has 2 heterocycles. The number of aromatic hydroxyl groups is 1. The highest BCUT2D eigenvalue weighted by Crippen LogP contribution is 2.54. The van der Waals surface area contributed by atoms with Gasteiger partial charge in [-0.25, -0.2) is 0 Å². The molecule has 26 heavy (non-hydrogen) atoms. The largest absolute Gasteiger partial charge is 0.508 e. The van der Waals surface area contributed by atoms with Gasteiger partial charge in [-0.15, -0.1) is 0 Å². The Morgan fingerprint density at radius 3 is 2.81 bits per heavy atom. The van der Waals surface area contributed by atoms with Gasteiger partial charge in [0.25, 0.3) is 0 Å². The molecule has 1 aromatic rings. The van der Waals surface area contributed by atoms with Gasteiger partial charge < -0.3 is 10.2 Å². The molecule has 5 rings (SSSR count). The quantitative estimate of drug-likeness (QED) is 0.865. The normalized spacial score (nSPS) is 34.2. The van der Waals surface area contributed by atoms with Crippen LogP contribution < -0.4 is 0 Å². The maximum Gasteiger partial charge on any atom is 0.317 e. The third kappa shape index (κ3) is 2.64. The second-order valence-corrected chi connectivity index (χ2v) is 8.94. The molecule has 140 valence electrons. The molecule has 5 nitrogen and oxygen atoms in total. The zero-order valence-electron chi connectivity index (χ0n) is 15.2. The molecule has 0 spiro atoms. The van der Waals surface area contributed by atoms with Crippen LogP contribution in [0.15, 0.2) is 18.2 Å². The molecule has 1 aromatic carbocycles. The summed E-state index contributed by atoms with van der Waals surface area (Å²) in [6.45, 7) is 4.21. The number of carboxylic acid groups (broad SMARTS) is 1. The smallest absolute Gasteiger partial charge is 0.317 e. The van der Waals surface area contributed by atoms with E-state index < -0.39 is 5.97 Å². The Hall–Kier alpha value is -1.59. The zero-order chi connectivity index (χ0) is 17.9. The summed E-state index contributed by atoms with van der Waals surface area (Å²) in [5.74, 6) is 0.985. The summed E-state index contributed by atoms with van der Waals surface area (Å²) in [6, 6.07) is 6.47. The van der Waals surface area contributed by atoms with Crippen LogP contribution in [0.1, 0.15) is 36.8 Å². The molecule has 4 aliphatic rings. The average Bonchev–Trinajstić information content (AvgIpc) is 3.41. The lowest BCUT2D eigenvalue weighted by Crippen LogP contribution is -2.65. The van der Waals surface area contributed by atoms with E-state index in [1.807, 2.05) is 12.1 Å². The van der Waals surface area contributed by atoms with Gasteiger partial charge in [-0.1, -0.05) is 6.07 Å². The fourth-order valence-corrected chi connectivity index (χ4v) is 6.02. The lowest BCUT2D eigenvalue weighted by molar-refractivity contribution is -0.140. The number of phenolic OH excluding ortho intramolecular Hbond substituents is 1. The SMILES string of the molecule is O=C(O)CN1CCC23CCN(CC4CC4)C(Cc4ccc(O)cc42)C3C1. The van der Waals surface area contributed by atoms with Gasteiger partial charge >= 0.3 is 5.97 Å². The molecule has 5 heteroatoms. The molecule has 3 atom stereocenters. The molecule has 0 radical (unpaired) electrons. The second kappa shape index (κ2) is 5.96. The number of fused-ring (bicyclic) bond motifs is 1. The van der Waals surface area contributed by atoms with Gasteiger partial charge in [0.2, 0.25) is 0 Å². The molecule has 2 N–H and O–H groups in total. The molecule has 3 unspecified atom stereocenters. The maximum atomic E-state index is 11.2. The Balaban J connectivity index is 1.52. The fraction of sp³-hybridized carbons (Fsp3) is 0.667. The Labute approximate surface area is 154 Å². The highest BCUT2D eigenvalue weighted by molar-refractivity contribution is 5.69. The first-order valence-corrected chi connectivity index (χ1v) is 10.1. The molecule has 2 saturated heterocycles. The average molecular weight is 356 g/mol. The highest BCUT2D eigenvalue weighted by atomic mass is 16.4. The zero-order valence-corrected chi connectivity index (χ0v) is 15.2. The summed E-state index contributed by atoms with van der Waals surface area (Å²) in [7, 11) is 0. The predicted molar refractivity (Wildman–Crippen MR) is 98.4 cm³/mol. The number of rotatable bonds is 4. The molecule has 2 aliphatic carbocycles. The van der Waals surface area contributed by atoms with Crippen molar-refractivity contribution in [3.8, 4) is 5.75 Å². The summed E-state index contributed by atoms with van der Waals surface area (Å²) in [4.78, 5) is 16.1. The van der Waals surface area contributed by atoms with Crippen LogP contribution in [0.3, 0.4) is 0 Å². The minimum atomic E-state index is -0.727. The number of likely N-dealkylation sites (tertiary alicyclic amines) is 2. The van der Waals surface area contributed by atoms with E-state index in [9.17, 15) is 15.0 Å². The third-order valence-corrected chi connectivity index (χ3v) is 7.42. The van der Waals surface area contributed by atoms with Crippen molar-refractivity contribution < 1.29 is 15.0 Å². The molecule has 3 fully saturated rings. The van der Waals surface area contributed by atoms with Crippen LogP contribution in [-0.4, -0.2) is 64.7 Å². The van der Waals surface area contributed by atoms with Crippen molar-refractivity contribution in [2.45, 2.75) is 43.6 Å². The third-order valence-electron chi connectivity index (χ3n) is 7.42. The molecular formula is C21H28N2O3. The first-order valence-electron chi connectivity index (χ1n) is 10.1. The molecule has 2 bridgehead atoms. The first-order chi connectivity index (χ1) is 12.5. The van der Waals surface area contributed by atoms with Crippen molar-refractivity contribution >= 4 is 5.97 Å². The number of benzene rings is 1. The number of carboxylic acids is 1. The van der Waals surface area contributed by atoms with Gasteiger partial charge in [0.05, 0.1) is 6.54 Å². The number of aliphatic carboxylic acids is 1. The van der Waals surface area contributed by atoms with E-state index >= 15 is 0 Å². The summed E-state index contributed by atoms with van der Waals surface area (Å²) >= 11 is 0. The van der Waals surface area contributed by atoms with Crippen LogP contribution in [-0.2, 0) is 16.6 Å². The molecular weight excluding hydrogens is 328 g/mol. The van der Waals surface area contributed by atoms with Gasteiger partial charge in [-0.05, 0) is 80.3 Å². The van der Waals surface area contributed by atoms with E-state index in [0.717, 1.165) is 44.8 Å². The van der Waals surface area contributed by atoms with Crippen LogP contribution >= 0.6 is 0 Å². The van der Waals surface area contributed by atoms with Gasteiger partial charge in [-0.3, -0.25) is 14.6 Å². The van der Waals surface area contributed by atoms with Crippen molar-refractivity contribution in [1.82, 2.24) is 9.80 Å². The summed E-state index contributed by atoms with van der Waals surface area (Å²) in [5.41, 5.74) is 2.86. The molecule has 2 aliphatic heterocycles. The Kier molecular flexibility index (Phi) is 3.80. The van der Waals surface area contributed by atoms with E-state index in [4.69, 9.17) is 0 Å². The first kappa shape index (κ1) is 16.6. The summed E-state index contributed by atoms with van der Waals surface area (Å²) in [6.07, 6.45) is 5.92. The Morgan fingerprint density at radius 2 is 2.04 bits per heavy atom. The number of hydrogen-bond donors (Lipinski definition) is 2. The lowest BCUT2D eigenvalue weighted by atomic mass is 9.54. The fourth-order valence-electron chi connectivity index (χ4n) is 6.02. The van der Waals surface area contributed by atoms with Gasteiger partial charge in [-0.2, -0.15) is 0 Å². The van der Waals surface area contributed by atoms with E-state index in [-0.39, 0.29) is 12.0 Å². The minimum absolute atomic E-state index is 0.117. The molecule has 0 aromatic heterocycles. The van der Waals surface area contributed by atoms with Crippen LogP contribution in [0.25, 0.3) is 0 Å². The van der Waals surface area contributed by atoms with Gasteiger partial charge in [0.15, 0.2) is 0 Å². The second-order valence-electron chi connectivity index (χ2n) is 8.94. The van der Waals surface area contributed by atoms with Gasteiger partial charge in [0, 0.05) is 24.5 Å². The number of hydrogen-bond acceptors (Lipinski definition) is 4. The highest BCUT2D eigenvalue weighted by Gasteiger charge is 2.55. The van der Waals surface area contributed by atoms with Crippen LogP contribution in [0.5, 0.6) is 5.75 Å². The molecule has 0 amide bonds. The summed E-state index contributed by atoms with van der Waals surface area (Å²) < 4.78 is 0. The monoisotopic (exact) mass is 356 g/mol. The van der Waals surface area contributed by atoms with E-state index in [1.165, 1.54) is 30.5 Å². The number of nitrogens with zero attached hydrogens (tertiary/aromatic N) is 2. The minimum Gasteiger partial charge on any atom is -0.508 e. The van der Waals surface area contributed by atoms with Crippen molar-refractivity contribution in [2.24, 2.45) is 11.8 Å². The van der Waals surface area contributed by atoms with E-state index in [2.05, 4.69) is 15.9 Å². The topological polar surface area (TPSA) is 64.0 Å². The van der Waals surface area contributed by atoms with Crippen LogP contribution in [0.4, 0.5) is 0 Å². The predicted octanol–water partition coefficient (Wildman–Crippen LogP) is 2.08. The Morgan fingerprint density at radius 1 is 1.23 bits per heavy atom. The number of piperidine rings is 2. The number of phenols is 1. The standard InChI is InChI=1S/C21H28N2O3/c24-16-4-3-15-9-19-18-12-22(13-20(25)26)7-5-21(18,17(15)10-16)6-8-23(19)11-14-1-2-14/h3-4,10,14,18-19,24H,1-2,5-9,11-13H2,(H,25,26). The maximum absolute atomic E-state index is 11.2. The van der Waals surface area contributed by atoms with E-state index in [1.54, 1.807) is 0 Å². The number of carbonyl (C=O) groups is 1. The summed E-state index contributed by atoms with van der Waals surface area (Å²) in [5, 5.41) is 19.4.